The number of hydrogen-bond donors (Lipinski definition) is 3. The largest absolute Gasteiger partial charge is 0.506 e. The molecule has 0 radical (unpaired) electrons. The molecule has 0 aliphatic rings. The second-order valence-corrected chi connectivity index (χ2v) is 8.41. The highest BCUT2D eigenvalue weighted by molar-refractivity contribution is 6.32. The summed E-state index contributed by atoms with van der Waals surface area (Å²) in [5.74, 6) is -0.657. The SMILES string of the molecule is O=C(Nc1ccc(C(F)(F)F)cc1)OCc1ccc(C=NNC(=O)c2ccc(O)c(Cl)c2)c2ccccc12. The van der Waals surface area contributed by atoms with Gasteiger partial charge in [-0.25, -0.2) is 10.2 Å². The number of nitrogens with one attached hydrogen (secondary N) is 2. The summed E-state index contributed by atoms with van der Waals surface area (Å²) in [6, 6.07) is 18.8. The lowest BCUT2D eigenvalue weighted by atomic mass is 10.0. The zero-order valence-electron chi connectivity index (χ0n) is 19.4. The Morgan fingerprint density at radius 2 is 1.68 bits per heavy atom. The van der Waals surface area contributed by atoms with Crippen molar-refractivity contribution in [3.8, 4) is 5.75 Å². The number of phenolic OH excluding ortho intramolecular Hbond substituents is 1. The molecule has 4 aromatic carbocycles. The molecule has 4 aromatic rings. The van der Waals surface area contributed by atoms with Gasteiger partial charge >= 0.3 is 12.3 Å². The van der Waals surface area contributed by atoms with E-state index in [1.165, 1.54) is 24.4 Å². The van der Waals surface area contributed by atoms with Crippen molar-refractivity contribution in [2.24, 2.45) is 5.10 Å². The second-order valence-electron chi connectivity index (χ2n) is 8.00. The summed E-state index contributed by atoms with van der Waals surface area (Å²) in [6.07, 6.45) is -3.83. The average Bonchev–Trinajstić information content (AvgIpc) is 2.89. The molecule has 7 nitrogen and oxygen atoms in total. The molecule has 0 heterocycles. The number of anilines is 1. The highest BCUT2D eigenvalue weighted by Crippen LogP contribution is 2.30. The third-order valence-electron chi connectivity index (χ3n) is 5.45. The van der Waals surface area contributed by atoms with Crippen LogP contribution in [-0.4, -0.2) is 23.3 Å². The van der Waals surface area contributed by atoms with Gasteiger partial charge in [-0.3, -0.25) is 10.1 Å². The zero-order chi connectivity index (χ0) is 27.3. The molecule has 11 heteroatoms. The van der Waals surface area contributed by atoms with Crippen LogP contribution in [0.25, 0.3) is 10.8 Å². The van der Waals surface area contributed by atoms with Gasteiger partial charge in [-0.2, -0.15) is 18.3 Å². The molecule has 0 spiro atoms. The average molecular weight is 542 g/mol. The lowest BCUT2D eigenvalue weighted by Gasteiger charge is -2.11. The molecule has 38 heavy (non-hydrogen) atoms. The molecule has 0 aliphatic heterocycles. The first-order valence-electron chi connectivity index (χ1n) is 11.1. The van der Waals surface area contributed by atoms with E-state index < -0.39 is 23.7 Å². The quantitative estimate of drug-likeness (QED) is 0.186. The van der Waals surface area contributed by atoms with Gasteiger partial charge in [0.15, 0.2) is 0 Å². The summed E-state index contributed by atoms with van der Waals surface area (Å²) in [5.41, 5.74) is 3.32. The van der Waals surface area contributed by atoms with Crippen LogP contribution in [-0.2, 0) is 17.5 Å². The van der Waals surface area contributed by atoms with E-state index in [1.807, 2.05) is 24.3 Å². The van der Waals surface area contributed by atoms with Gasteiger partial charge in [-0.1, -0.05) is 48.0 Å². The molecule has 0 saturated heterocycles. The first-order valence-corrected chi connectivity index (χ1v) is 11.4. The van der Waals surface area contributed by atoms with Gasteiger partial charge in [0.1, 0.15) is 12.4 Å². The molecule has 3 N–H and O–H groups in total. The molecule has 0 aliphatic carbocycles. The Morgan fingerprint density at radius 1 is 0.974 bits per heavy atom. The summed E-state index contributed by atoms with van der Waals surface area (Å²) in [4.78, 5) is 24.5. The number of carbonyl (C=O) groups excluding carboxylic acids is 2. The monoisotopic (exact) mass is 541 g/mol. The van der Waals surface area contributed by atoms with Crippen LogP contribution in [0.15, 0.2) is 84.0 Å². The molecule has 4 rings (SSSR count). The molecule has 0 saturated carbocycles. The van der Waals surface area contributed by atoms with E-state index in [1.54, 1.807) is 12.1 Å². The van der Waals surface area contributed by atoms with Crippen molar-refractivity contribution in [3.63, 3.8) is 0 Å². The van der Waals surface area contributed by atoms with Crippen molar-refractivity contribution in [1.82, 2.24) is 5.43 Å². The van der Waals surface area contributed by atoms with E-state index in [2.05, 4.69) is 15.8 Å². The van der Waals surface area contributed by atoms with E-state index in [9.17, 15) is 27.9 Å². The minimum Gasteiger partial charge on any atom is -0.506 e. The molecule has 0 bridgehead atoms. The molecule has 0 fully saturated rings. The number of hydrogen-bond acceptors (Lipinski definition) is 5. The summed E-state index contributed by atoms with van der Waals surface area (Å²) in [7, 11) is 0. The number of halogens is 4. The summed E-state index contributed by atoms with van der Waals surface area (Å²) >= 11 is 5.83. The molecule has 0 aromatic heterocycles. The van der Waals surface area contributed by atoms with Gasteiger partial charge in [0.2, 0.25) is 0 Å². The Morgan fingerprint density at radius 3 is 2.37 bits per heavy atom. The third-order valence-corrected chi connectivity index (χ3v) is 5.75. The van der Waals surface area contributed by atoms with Crippen molar-refractivity contribution in [2.45, 2.75) is 12.8 Å². The van der Waals surface area contributed by atoms with Gasteiger partial charge in [0.05, 0.1) is 16.8 Å². The first kappa shape index (κ1) is 26.5. The number of alkyl halides is 3. The lowest BCUT2D eigenvalue weighted by Crippen LogP contribution is -2.17. The number of carbonyl (C=O) groups is 2. The van der Waals surface area contributed by atoms with Crippen LogP contribution in [0.3, 0.4) is 0 Å². The maximum Gasteiger partial charge on any atom is 0.416 e. The van der Waals surface area contributed by atoms with Crippen molar-refractivity contribution in [3.05, 3.63) is 106 Å². The molecule has 194 valence electrons. The maximum atomic E-state index is 12.7. The zero-order valence-corrected chi connectivity index (χ0v) is 20.2. The highest BCUT2D eigenvalue weighted by Gasteiger charge is 2.30. The number of phenols is 1. The van der Waals surface area contributed by atoms with Crippen LogP contribution in [0.1, 0.15) is 27.0 Å². The molecule has 0 unspecified atom stereocenters. The fraction of sp³-hybridized carbons (Fsp3) is 0.0741. The number of fused-ring (bicyclic) bond motifs is 1. The van der Waals surface area contributed by atoms with Crippen LogP contribution >= 0.6 is 11.6 Å². The Bertz CT molecular complexity index is 1520. The topological polar surface area (TPSA) is 100 Å². The Labute approximate surface area is 219 Å². The smallest absolute Gasteiger partial charge is 0.416 e. The number of aromatic hydroxyl groups is 1. The lowest BCUT2D eigenvalue weighted by molar-refractivity contribution is -0.137. The predicted octanol–water partition coefficient (Wildman–Crippen LogP) is 6.73. The second kappa shape index (κ2) is 11.2. The summed E-state index contributed by atoms with van der Waals surface area (Å²) in [6.45, 7) is -0.0945. The standard InChI is InChI=1S/C27H19ClF3N3O4/c28-23-13-16(7-12-24(23)35)25(36)34-32-14-17-5-6-18(22-4-2-1-3-21(17)22)15-38-26(37)33-20-10-8-19(9-11-20)27(29,30)31/h1-14,35H,15H2,(H,33,37)(H,34,36). The van der Waals surface area contributed by atoms with Crippen LogP contribution in [0.5, 0.6) is 5.75 Å². The van der Waals surface area contributed by atoms with Crippen molar-refractivity contribution < 1.29 is 32.6 Å². The normalized spacial score (nSPS) is 11.5. The third kappa shape index (κ3) is 6.40. The van der Waals surface area contributed by atoms with E-state index >= 15 is 0 Å². The molecule has 2 amide bonds. The van der Waals surface area contributed by atoms with Crippen LogP contribution in [0.4, 0.5) is 23.7 Å². The van der Waals surface area contributed by atoms with Crippen LogP contribution in [0, 0.1) is 0 Å². The van der Waals surface area contributed by atoms with Crippen molar-refractivity contribution in [2.75, 3.05) is 5.32 Å². The van der Waals surface area contributed by atoms with E-state index in [0.717, 1.165) is 35.0 Å². The fourth-order valence-corrected chi connectivity index (χ4v) is 3.72. The van der Waals surface area contributed by atoms with Crippen molar-refractivity contribution in [1.29, 1.82) is 0 Å². The molecule has 0 atom stereocenters. The summed E-state index contributed by atoms with van der Waals surface area (Å²) in [5, 5.41) is 17.5. The van der Waals surface area contributed by atoms with Gasteiger partial charge in [-0.15, -0.1) is 0 Å². The van der Waals surface area contributed by atoms with Crippen LogP contribution in [0.2, 0.25) is 5.02 Å². The number of benzene rings is 4. The highest BCUT2D eigenvalue weighted by atomic mass is 35.5. The summed E-state index contributed by atoms with van der Waals surface area (Å²) < 4.78 is 43.4. The van der Waals surface area contributed by atoms with E-state index in [0.29, 0.717) is 11.1 Å². The Balaban J connectivity index is 1.41. The van der Waals surface area contributed by atoms with Gasteiger partial charge in [0, 0.05) is 16.8 Å². The van der Waals surface area contributed by atoms with Gasteiger partial charge in [0.25, 0.3) is 5.91 Å². The Hall–Kier alpha value is -4.57. The Kier molecular flexibility index (Phi) is 7.82. The minimum absolute atomic E-state index is 0.0403. The maximum absolute atomic E-state index is 12.7. The van der Waals surface area contributed by atoms with Crippen molar-refractivity contribution >= 4 is 46.3 Å². The number of ether oxygens (including phenoxy) is 1. The number of amides is 2. The van der Waals surface area contributed by atoms with E-state index in [-0.39, 0.29) is 28.6 Å². The molecular weight excluding hydrogens is 523 g/mol. The van der Waals surface area contributed by atoms with Gasteiger partial charge in [-0.05, 0) is 58.8 Å². The first-order chi connectivity index (χ1) is 18.1. The number of nitrogens with zero attached hydrogens (tertiary/aromatic N) is 1. The predicted molar refractivity (Wildman–Crippen MR) is 137 cm³/mol. The van der Waals surface area contributed by atoms with E-state index in [4.69, 9.17) is 16.3 Å². The minimum atomic E-state index is -4.47. The van der Waals surface area contributed by atoms with Crippen LogP contribution < -0.4 is 10.7 Å². The van der Waals surface area contributed by atoms with Gasteiger partial charge < -0.3 is 9.84 Å². The molecular formula is C27H19ClF3N3O4. The number of rotatable bonds is 6. The fourth-order valence-electron chi connectivity index (χ4n) is 3.54. The number of hydrazone groups is 1.